The molecule has 23 heavy (non-hydrogen) atoms. The van der Waals surface area contributed by atoms with Gasteiger partial charge in [-0.15, -0.1) is 11.8 Å². The van der Waals surface area contributed by atoms with Crippen molar-refractivity contribution in [2.24, 2.45) is 0 Å². The predicted molar refractivity (Wildman–Crippen MR) is 97.5 cm³/mol. The monoisotopic (exact) mass is 327 g/mol. The Hall–Kier alpha value is -2.20. The lowest BCUT2D eigenvalue weighted by atomic mass is 10.2. The van der Waals surface area contributed by atoms with E-state index in [4.69, 9.17) is 4.74 Å². The molecule has 2 rings (SSSR count). The van der Waals surface area contributed by atoms with E-state index in [1.54, 1.807) is 17.8 Å². The number of rotatable bonds is 7. The van der Waals surface area contributed by atoms with Gasteiger partial charge in [-0.05, 0) is 36.4 Å². The van der Waals surface area contributed by atoms with Crippen molar-refractivity contribution in [1.82, 2.24) is 0 Å². The predicted octanol–water partition coefficient (Wildman–Crippen LogP) is 5.00. The number of carbonyl (C=O) groups excluding carboxylic acids is 1. The fourth-order valence-electron chi connectivity index (χ4n) is 2.00. The number of hydrogen-bond acceptors (Lipinski definition) is 3. The lowest BCUT2D eigenvalue weighted by molar-refractivity contribution is 0.102. The average Bonchev–Trinajstić information content (AvgIpc) is 2.54. The lowest BCUT2D eigenvalue weighted by Gasteiger charge is -2.12. The van der Waals surface area contributed by atoms with Crippen LogP contribution < -0.4 is 10.1 Å². The van der Waals surface area contributed by atoms with Crippen molar-refractivity contribution < 1.29 is 9.53 Å². The highest BCUT2D eigenvalue weighted by Gasteiger charge is 2.12. The Bertz CT molecular complexity index is 665. The fraction of sp³-hybridized carbons (Fsp3) is 0.211. The van der Waals surface area contributed by atoms with Crippen LogP contribution in [-0.4, -0.2) is 17.8 Å². The number of hydrogen-bond donors (Lipinski definition) is 1. The van der Waals surface area contributed by atoms with Gasteiger partial charge in [0.25, 0.3) is 5.91 Å². The van der Waals surface area contributed by atoms with E-state index >= 15 is 0 Å². The van der Waals surface area contributed by atoms with Crippen LogP contribution in [0, 0.1) is 0 Å². The maximum atomic E-state index is 12.5. The normalized spacial score (nSPS) is 10.4. The van der Waals surface area contributed by atoms with Crippen molar-refractivity contribution >= 4 is 23.4 Å². The summed E-state index contributed by atoms with van der Waals surface area (Å²) < 4.78 is 5.43. The molecule has 0 aliphatic carbocycles. The van der Waals surface area contributed by atoms with Gasteiger partial charge < -0.3 is 10.1 Å². The molecule has 0 aliphatic heterocycles. The van der Waals surface area contributed by atoms with E-state index in [1.807, 2.05) is 48.5 Å². The molecule has 0 radical (unpaired) electrons. The maximum Gasteiger partial charge on any atom is 0.256 e. The number of anilines is 1. The van der Waals surface area contributed by atoms with Gasteiger partial charge in [-0.3, -0.25) is 4.79 Å². The molecule has 2 aromatic carbocycles. The number of thioether (sulfide) groups is 1. The first kappa shape index (κ1) is 17.2. The van der Waals surface area contributed by atoms with Gasteiger partial charge in [0.2, 0.25) is 0 Å². The smallest absolute Gasteiger partial charge is 0.256 e. The van der Waals surface area contributed by atoms with Gasteiger partial charge >= 0.3 is 0 Å². The first-order valence-corrected chi connectivity index (χ1v) is 8.39. The van der Waals surface area contributed by atoms with Gasteiger partial charge in [0.15, 0.2) is 0 Å². The van der Waals surface area contributed by atoms with E-state index in [1.165, 1.54) is 0 Å². The number of amides is 1. The Balaban J connectivity index is 2.08. The van der Waals surface area contributed by atoms with Gasteiger partial charge in [0, 0.05) is 15.8 Å². The van der Waals surface area contributed by atoms with Crippen molar-refractivity contribution in [2.75, 3.05) is 11.9 Å². The van der Waals surface area contributed by atoms with Gasteiger partial charge in [0.1, 0.15) is 12.4 Å². The number of nitrogens with one attached hydrogen (secondary N) is 1. The van der Waals surface area contributed by atoms with E-state index < -0.39 is 0 Å². The fourth-order valence-corrected chi connectivity index (χ4v) is 2.95. The molecule has 3 nitrogen and oxygen atoms in total. The van der Waals surface area contributed by atoms with Crippen LogP contribution in [0.2, 0.25) is 0 Å². The molecule has 0 aromatic heterocycles. The molecule has 0 saturated heterocycles. The summed E-state index contributed by atoms with van der Waals surface area (Å²) in [6.45, 7) is 8.30. The minimum absolute atomic E-state index is 0.103. The maximum absolute atomic E-state index is 12.5. The SMILES string of the molecule is C=CCOc1ccc(NC(=O)c2ccccc2SC(C)C)cc1. The third-order valence-electron chi connectivity index (χ3n) is 2.97. The molecular weight excluding hydrogens is 306 g/mol. The number of benzene rings is 2. The molecule has 0 aliphatic rings. The molecule has 0 saturated carbocycles. The van der Waals surface area contributed by atoms with Crippen LogP contribution in [0.3, 0.4) is 0 Å². The molecule has 120 valence electrons. The van der Waals surface area contributed by atoms with Crippen LogP contribution in [-0.2, 0) is 0 Å². The second kappa shape index (κ2) is 8.44. The molecule has 0 bridgehead atoms. The summed E-state index contributed by atoms with van der Waals surface area (Å²) in [5, 5.41) is 3.35. The summed E-state index contributed by atoms with van der Waals surface area (Å²) in [5.74, 6) is 0.646. The largest absolute Gasteiger partial charge is 0.490 e. The number of ether oxygens (including phenoxy) is 1. The molecule has 0 atom stereocenters. The molecule has 0 fully saturated rings. The Labute approximate surface area is 141 Å². The summed E-state index contributed by atoms with van der Waals surface area (Å²) in [5.41, 5.74) is 1.43. The minimum Gasteiger partial charge on any atom is -0.490 e. The van der Waals surface area contributed by atoms with Crippen molar-refractivity contribution in [3.63, 3.8) is 0 Å². The van der Waals surface area contributed by atoms with Crippen molar-refractivity contribution in [3.8, 4) is 5.75 Å². The van der Waals surface area contributed by atoms with E-state index in [0.29, 0.717) is 17.4 Å². The third-order valence-corrected chi connectivity index (χ3v) is 4.06. The summed E-state index contributed by atoms with van der Waals surface area (Å²) >= 11 is 1.69. The van der Waals surface area contributed by atoms with Crippen LogP contribution in [0.4, 0.5) is 5.69 Å². The van der Waals surface area contributed by atoms with Crippen molar-refractivity contribution in [2.45, 2.75) is 24.0 Å². The third kappa shape index (κ3) is 5.18. The second-order valence-corrected chi connectivity index (χ2v) is 6.86. The number of carbonyl (C=O) groups is 1. The van der Waals surface area contributed by atoms with Crippen LogP contribution in [0.5, 0.6) is 5.75 Å². The Morgan fingerprint density at radius 2 is 1.91 bits per heavy atom. The minimum atomic E-state index is -0.103. The topological polar surface area (TPSA) is 38.3 Å². The lowest BCUT2D eigenvalue weighted by Crippen LogP contribution is -2.13. The van der Waals surface area contributed by atoms with E-state index in [0.717, 1.165) is 16.3 Å². The highest BCUT2D eigenvalue weighted by Crippen LogP contribution is 2.27. The van der Waals surface area contributed by atoms with Crippen molar-refractivity contribution in [3.05, 3.63) is 66.7 Å². The highest BCUT2D eigenvalue weighted by atomic mass is 32.2. The van der Waals surface area contributed by atoms with Gasteiger partial charge in [0.05, 0.1) is 5.56 Å². The Morgan fingerprint density at radius 1 is 1.22 bits per heavy atom. The van der Waals surface area contributed by atoms with Crippen LogP contribution in [0.15, 0.2) is 66.1 Å². The molecule has 1 amide bonds. The van der Waals surface area contributed by atoms with E-state index in [-0.39, 0.29) is 5.91 Å². The molecule has 4 heteroatoms. The molecule has 1 N–H and O–H groups in total. The van der Waals surface area contributed by atoms with Gasteiger partial charge in [-0.1, -0.05) is 38.6 Å². The molecule has 0 spiro atoms. The molecule has 0 unspecified atom stereocenters. The van der Waals surface area contributed by atoms with Gasteiger partial charge in [-0.2, -0.15) is 0 Å². The zero-order valence-corrected chi connectivity index (χ0v) is 14.2. The average molecular weight is 327 g/mol. The van der Waals surface area contributed by atoms with Crippen LogP contribution in [0.25, 0.3) is 0 Å². The zero-order valence-electron chi connectivity index (χ0n) is 13.4. The molecule has 2 aromatic rings. The zero-order chi connectivity index (χ0) is 16.7. The Kier molecular flexibility index (Phi) is 6.29. The van der Waals surface area contributed by atoms with E-state index in [2.05, 4.69) is 25.7 Å². The quantitative estimate of drug-likeness (QED) is 0.574. The standard InChI is InChI=1S/C19H21NO2S/c1-4-13-22-16-11-9-15(10-12-16)20-19(21)17-7-5-6-8-18(17)23-14(2)3/h4-12,14H,1,13H2,2-3H3,(H,20,21). The first-order valence-electron chi connectivity index (χ1n) is 7.51. The molecular formula is C19H21NO2S. The molecule has 0 heterocycles. The van der Waals surface area contributed by atoms with Crippen LogP contribution in [0.1, 0.15) is 24.2 Å². The second-order valence-electron chi connectivity index (χ2n) is 5.24. The highest BCUT2D eigenvalue weighted by molar-refractivity contribution is 8.00. The summed E-state index contributed by atoms with van der Waals surface area (Å²) in [7, 11) is 0. The van der Waals surface area contributed by atoms with E-state index in [9.17, 15) is 4.79 Å². The first-order chi connectivity index (χ1) is 11.1. The van der Waals surface area contributed by atoms with Crippen molar-refractivity contribution in [1.29, 1.82) is 0 Å². The summed E-state index contributed by atoms with van der Waals surface area (Å²) in [4.78, 5) is 13.5. The van der Waals surface area contributed by atoms with Gasteiger partial charge in [-0.25, -0.2) is 0 Å². The van der Waals surface area contributed by atoms with Crippen LogP contribution >= 0.6 is 11.8 Å². The Morgan fingerprint density at radius 3 is 2.57 bits per heavy atom. The summed E-state index contributed by atoms with van der Waals surface area (Å²) in [6, 6.07) is 15.0. The summed E-state index contributed by atoms with van der Waals surface area (Å²) in [6.07, 6.45) is 1.69.